The predicted molar refractivity (Wildman–Crippen MR) is 132 cm³/mol. The predicted octanol–water partition coefficient (Wildman–Crippen LogP) is 4.80. The Balaban J connectivity index is 1.50. The minimum absolute atomic E-state index is 0.0164. The van der Waals surface area contributed by atoms with Crippen molar-refractivity contribution in [3.8, 4) is 5.75 Å². The van der Waals surface area contributed by atoms with Gasteiger partial charge in [0.05, 0.1) is 25.4 Å². The number of anilines is 1. The first-order chi connectivity index (χ1) is 15.9. The number of methoxy groups -OCH3 is 1. The summed E-state index contributed by atoms with van der Waals surface area (Å²) in [6.45, 7) is 2.98. The maximum absolute atomic E-state index is 13.3. The fraction of sp³-hybridized carbons (Fsp3) is 0.375. The molecule has 0 radical (unpaired) electrons. The van der Waals surface area contributed by atoms with Crippen LogP contribution in [0.1, 0.15) is 24.8 Å². The topological polar surface area (TPSA) is 80.2 Å². The van der Waals surface area contributed by atoms with Gasteiger partial charge < -0.3 is 14.8 Å². The lowest BCUT2D eigenvalue weighted by Gasteiger charge is -2.20. The summed E-state index contributed by atoms with van der Waals surface area (Å²) in [5, 5.41) is 3.49. The van der Waals surface area contributed by atoms with Crippen molar-refractivity contribution in [1.82, 2.24) is 4.90 Å². The summed E-state index contributed by atoms with van der Waals surface area (Å²) in [5.41, 5.74) is 2.15. The van der Waals surface area contributed by atoms with Gasteiger partial charge >= 0.3 is 0 Å². The number of ether oxygens (including phenoxy) is 2. The second-order valence-electron chi connectivity index (χ2n) is 7.95. The van der Waals surface area contributed by atoms with Gasteiger partial charge in [0.15, 0.2) is 5.17 Å². The summed E-state index contributed by atoms with van der Waals surface area (Å²) in [7, 11) is 1.61. The van der Waals surface area contributed by atoms with Crippen LogP contribution in [0, 0.1) is 6.92 Å². The number of aliphatic imine (C=N–C) groups is 1. The highest BCUT2D eigenvalue weighted by molar-refractivity contribution is 8.15. The quantitative estimate of drug-likeness (QED) is 0.607. The fourth-order valence-electron chi connectivity index (χ4n) is 3.76. The third-order valence-electron chi connectivity index (χ3n) is 5.64. The zero-order valence-electron chi connectivity index (χ0n) is 18.5. The molecule has 0 aliphatic carbocycles. The lowest BCUT2D eigenvalue weighted by molar-refractivity contribution is -0.129. The average Bonchev–Trinajstić information content (AvgIpc) is 3.42. The first kappa shape index (κ1) is 23.6. The largest absolute Gasteiger partial charge is 0.497 e. The van der Waals surface area contributed by atoms with Gasteiger partial charge in [-0.1, -0.05) is 29.4 Å². The number of rotatable bonds is 7. The summed E-state index contributed by atoms with van der Waals surface area (Å²) >= 11 is 7.47. The van der Waals surface area contributed by atoms with Gasteiger partial charge in [-0.3, -0.25) is 14.5 Å². The van der Waals surface area contributed by atoms with E-state index >= 15 is 0 Å². The van der Waals surface area contributed by atoms with E-state index in [9.17, 15) is 9.59 Å². The number of carbonyl (C=O) groups excluding carboxylic acids is 2. The number of halogens is 1. The zero-order chi connectivity index (χ0) is 23.4. The zero-order valence-corrected chi connectivity index (χ0v) is 20.1. The monoisotopic (exact) mass is 487 g/mol. The lowest BCUT2D eigenvalue weighted by Crippen LogP contribution is -2.38. The molecule has 2 heterocycles. The van der Waals surface area contributed by atoms with Crippen LogP contribution in [-0.2, 0) is 14.3 Å². The number of thioether (sulfide) groups is 1. The number of carbonyl (C=O) groups is 2. The Morgan fingerprint density at radius 2 is 2.09 bits per heavy atom. The molecule has 2 amide bonds. The van der Waals surface area contributed by atoms with Crippen molar-refractivity contribution in [2.45, 2.75) is 37.5 Å². The van der Waals surface area contributed by atoms with Crippen LogP contribution < -0.4 is 10.1 Å². The standard InChI is InChI=1S/C24H26ClN3O4S/c1-15-19(25)6-3-7-20(15)27-22(29)13-21-23(30)28(14-18-5-4-12-32-18)24(33-21)26-16-8-10-17(31-2)11-9-16/h3,6-11,18,21H,4-5,12-14H2,1-2H3,(H,27,29). The molecule has 2 atom stereocenters. The Labute approximate surface area is 202 Å². The Morgan fingerprint density at radius 3 is 2.79 bits per heavy atom. The third kappa shape index (κ3) is 5.69. The molecular formula is C24H26ClN3O4S. The van der Waals surface area contributed by atoms with Crippen molar-refractivity contribution in [1.29, 1.82) is 0 Å². The highest BCUT2D eigenvalue weighted by atomic mass is 35.5. The molecule has 2 aliphatic heterocycles. The van der Waals surface area contributed by atoms with Crippen molar-refractivity contribution in [3.05, 3.63) is 53.1 Å². The van der Waals surface area contributed by atoms with Crippen LogP contribution in [0.15, 0.2) is 47.5 Å². The molecule has 2 saturated heterocycles. The second kappa shape index (κ2) is 10.6. The SMILES string of the molecule is COc1ccc(N=C2SC(CC(=O)Nc3cccc(Cl)c3C)C(=O)N2CC2CCCO2)cc1. The number of nitrogens with zero attached hydrogens (tertiary/aromatic N) is 2. The van der Waals surface area contributed by atoms with Crippen LogP contribution in [-0.4, -0.2) is 53.5 Å². The molecule has 0 spiro atoms. The number of amides is 2. The molecule has 2 aromatic rings. The Hall–Kier alpha value is -2.55. The van der Waals surface area contributed by atoms with Crippen molar-refractivity contribution < 1.29 is 19.1 Å². The molecule has 4 rings (SSSR count). The van der Waals surface area contributed by atoms with Crippen LogP contribution in [0.2, 0.25) is 5.02 Å². The van der Waals surface area contributed by atoms with E-state index in [0.717, 1.165) is 24.2 Å². The normalized spacial score (nSPS) is 21.6. The van der Waals surface area contributed by atoms with Gasteiger partial charge in [0.2, 0.25) is 11.8 Å². The van der Waals surface area contributed by atoms with Gasteiger partial charge in [-0.2, -0.15) is 0 Å². The Kier molecular flexibility index (Phi) is 7.57. The maximum Gasteiger partial charge on any atom is 0.242 e. The van der Waals surface area contributed by atoms with Crippen LogP contribution in [0.4, 0.5) is 11.4 Å². The molecular weight excluding hydrogens is 462 g/mol. The molecule has 2 unspecified atom stereocenters. The van der Waals surface area contributed by atoms with E-state index in [2.05, 4.69) is 5.32 Å². The summed E-state index contributed by atoms with van der Waals surface area (Å²) in [4.78, 5) is 32.4. The van der Waals surface area contributed by atoms with E-state index in [0.29, 0.717) is 34.7 Å². The third-order valence-corrected chi connectivity index (χ3v) is 7.22. The van der Waals surface area contributed by atoms with E-state index in [1.165, 1.54) is 11.8 Å². The van der Waals surface area contributed by atoms with Crippen LogP contribution in [0.3, 0.4) is 0 Å². The van der Waals surface area contributed by atoms with Crippen molar-refractivity contribution in [2.75, 3.05) is 25.6 Å². The number of amidine groups is 1. The van der Waals surface area contributed by atoms with Crippen molar-refractivity contribution >= 4 is 51.7 Å². The lowest BCUT2D eigenvalue weighted by atomic mass is 10.2. The first-order valence-electron chi connectivity index (χ1n) is 10.8. The summed E-state index contributed by atoms with van der Waals surface area (Å²) in [6.07, 6.45) is 1.91. The molecule has 174 valence electrons. The van der Waals surface area contributed by atoms with Crippen molar-refractivity contribution in [3.63, 3.8) is 0 Å². The van der Waals surface area contributed by atoms with Crippen LogP contribution in [0.25, 0.3) is 0 Å². The van der Waals surface area contributed by atoms with Crippen LogP contribution >= 0.6 is 23.4 Å². The highest BCUT2D eigenvalue weighted by Crippen LogP contribution is 2.33. The first-order valence-corrected chi connectivity index (χ1v) is 12.1. The fourth-order valence-corrected chi connectivity index (χ4v) is 5.11. The average molecular weight is 488 g/mol. The maximum atomic E-state index is 13.3. The van der Waals surface area contributed by atoms with E-state index in [4.69, 9.17) is 26.1 Å². The van der Waals surface area contributed by atoms with Gasteiger partial charge in [-0.25, -0.2) is 4.99 Å². The molecule has 9 heteroatoms. The Bertz CT molecular complexity index is 1050. The molecule has 1 N–H and O–H groups in total. The van der Waals surface area contributed by atoms with E-state index < -0.39 is 5.25 Å². The summed E-state index contributed by atoms with van der Waals surface area (Å²) in [6, 6.07) is 12.7. The molecule has 2 aromatic carbocycles. The number of nitrogens with one attached hydrogen (secondary N) is 1. The van der Waals surface area contributed by atoms with Gasteiger partial charge in [0.1, 0.15) is 11.0 Å². The van der Waals surface area contributed by atoms with Gasteiger partial charge in [-0.05, 0) is 61.7 Å². The van der Waals surface area contributed by atoms with E-state index in [1.807, 2.05) is 31.2 Å². The minimum Gasteiger partial charge on any atom is -0.497 e. The van der Waals surface area contributed by atoms with Crippen LogP contribution in [0.5, 0.6) is 5.75 Å². The smallest absolute Gasteiger partial charge is 0.242 e. The summed E-state index contributed by atoms with van der Waals surface area (Å²) in [5.74, 6) is 0.367. The van der Waals surface area contributed by atoms with Gasteiger partial charge in [-0.15, -0.1) is 0 Å². The number of hydrogen-bond acceptors (Lipinski definition) is 6. The van der Waals surface area contributed by atoms with E-state index in [1.54, 1.807) is 30.2 Å². The summed E-state index contributed by atoms with van der Waals surface area (Å²) < 4.78 is 10.9. The molecule has 7 nitrogen and oxygen atoms in total. The highest BCUT2D eigenvalue weighted by Gasteiger charge is 2.40. The van der Waals surface area contributed by atoms with Gasteiger partial charge in [0.25, 0.3) is 0 Å². The molecule has 0 aromatic heterocycles. The van der Waals surface area contributed by atoms with Gasteiger partial charge in [0, 0.05) is 23.7 Å². The van der Waals surface area contributed by atoms with Crippen molar-refractivity contribution in [2.24, 2.45) is 4.99 Å². The number of hydrogen-bond donors (Lipinski definition) is 1. The van der Waals surface area contributed by atoms with E-state index in [-0.39, 0.29) is 24.3 Å². The Morgan fingerprint density at radius 1 is 1.30 bits per heavy atom. The molecule has 0 bridgehead atoms. The molecule has 33 heavy (non-hydrogen) atoms. The second-order valence-corrected chi connectivity index (χ2v) is 9.52. The minimum atomic E-state index is -0.553. The molecule has 2 aliphatic rings. The molecule has 0 saturated carbocycles. The number of benzene rings is 2. The molecule has 2 fully saturated rings.